The molecule has 0 N–H and O–H groups in total. The molecule has 3 nitrogen and oxygen atoms in total. The predicted molar refractivity (Wildman–Crippen MR) is 86.5 cm³/mol. The summed E-state index contributed by atoms with van der Waals surface area (Å²) in [6.45, 7) is 0.573. The van der Waals surface area contributed by atoms with Crippen molar-refractivity contribution >= 4 is 26.0 Å². The first-order chi connectivity index (χ1) is 10.1. The molecule has 0 aliphatic carbocycles. The molecule has 21 heavy (non-hydrogen) atoms. The van der Waals surface area contributed by atoms with Crippen molar-refractivity contribution in [1.82, 2.24) is 4.31 Å². The van der Waals surface area contributed by atoms with Crippen LogP contribution in [0.3, 0.4) is 0 Å². The van der Waals surface area contributed by atoms with Crippen LogP contribution in [0.25, 0.3) is 0 Å². The summed E-state index contributed by atoms with van der Waals surface area (Å²) in [7, 11) is -3.48. The van der Waals surface area contributed by atoms with Crippen molar-refractivity contribution in [2.75, 3.05) is 6.54 Å². The molecule has 2 aromatic rings. The molecule has 0 aromatic heterocycles. The molecule has 1 heterocycles. The number of hydrogen-bond donors (Lipinski definition) is 0. The fourth-order valence-corrected chi connectivity index (χ4v) is 5.46. The fourth-order valence-electron chi connectivity index (χ4n) is 2.82. The zero-order valence-electron chi connectivity index (χ0n) is 11.4. The first-order valence-corrected chi connectivity index (χ1v) is 9.15. The third kappa shape index (κ3) is 2.78. The van der Waals surface area contributed by atoms with Crippen LogP contribution in [-0.4, -0.2) is 19.3 Å². The summed E-state index contributed by atoms with van der Waals surface area (Å²) in [6, 6.07) is 16.8. The maximum absolute atomic E-state index is 12.9. The maximum atomic E-state index is 12.9. The SMILES string of the molecule is O=S(=O)(c1ccccc1Br)N1CCC[C@@H]1c1ccccc1. The van der Waals surface area contributed by atoms with Gasteiger partial charge in [0.05, 0.1) is 10.9 Å². The summed E-state index contributed by atoms with van der Waals surface area (Å²) in [5, 5.41) is 0. The van der Waals surface area contributed by atoms with Crippen LogP contribution < -0.4 is 0 Å². The Kier molecular flexibility index (Phi) is 4.15. The summed E-state index contributed by atoms with van der Waals surface area (Å²) in [5.74, 6) is 0. The van der Waals surface area contributed by atoms with E-state index in [0.29, 0.717) is 15.9 Å². The van der Waals surface area contributed by atoms with E-state index in [1.54, 1.807) is 22.5 Å². The molecule has 2 aromatic carbocycles. The Hall–Kier alpha value is -1.17. The molecule has 0 amide bonds. The number of hydrogen-bond acceptors (Lipinski definition) is 2. The third-order valence-corrected chi connectivity index (χ3v) is 6.73. The van der Waals surface area contributed by atoms with E-state index >= 15 is 0 Å². The van der Waals surface area contributed by atoms with E-state index in [4.69, 9.17) is 0 Å². The average Bonchev–Trinajstić information content (AvgIpc) is 2.99. The Labute approximate surface area is 133 Å². The predicted octanol–water partition coefficient (Wildman–Crippen LogP) is 3.97. The first-order valence-electron chi connectivity index (χ1n) is 6.92. The molecule has 5 heteroatoms. The summed E-state index contributed by atoms with van der Waals surface area (Å²) in [6.07, 6.45) is 1.76. The smallest absolute Gasteiger partial charge is 0.207 e. The van der Waals surface area contributed by atoms with Gasteiger partial charge >= 0.3 is 0 Å². The lowest BCUT2D eigenvalue weighted by molar-refractivity contribution is 0.396. The minimum atomic E-state index is -3.48. The Morgan fingerprint density at radius 3 is 2.38 bits per heavy atom. The molecule has 0 spiro atoms. The molecule has 0 radical (unpaired) electrons. The van der Waals surface area contributed by atoms with Crippen molar-refractivity contribution in [2.24, 2.45) is 0 Å². The molecule has 0 bridgehead atoms. The highest BCUT2D eigenvalue weighted by atomic mass is 79.9. The van der Waals surface area contributed by atoms with Crippen molar-refractivity contribution in [1.29, 1.82) is 0 Å². The average molecular weight is 366 g/mol. The van der Waals surface area contributed by atoms with Gasteiger partial charge in [-0.3, -0.25) is 0 Å². The van der Waals surface area contributed by atoms with Crippen molar-refractivity contribution in [3.8, 4) is 0 Å². The quantitative estimate of drug-likeness (QED) is 0.824. The normalized spacial score (nSPS) is 19.8. The topological polar surface area (TPSA) is 37.4 Å². The van der Waals surface area contributed by atoms with Gasteiger partial charge in [0.2, 0.25) is 10.0 Å². The van der Waals surface area contributed by atoms with Gasteiger partial charge in [-0.2, -0.15) is 4.31 Å². The van der Waals surface area contributed by atoms with E-state index in [1.165, 1.54) is 0 Å². The number of nitrogens with zero attached hydrogens (tertiary/aromatic N) is 1. The van der Waals surface area contributed by atoms with Crippen LogP contribution in [-0.2, 0) is 10.0 Å². The lowest BCUT2D eigenvalue weighted by atomic mass is 10.1. The Morgan fingerprint density at radius 1 is 1.00 bits per heavy atom. The largest absolute Gasteiger partial charge is 0.244 e. The van der Waals surface area contributed by atoms with E-state index in [2.05, 4.69) is 15.9 Å². The second-order valence-electron chi connectivity index (χ2n) is 5.11. The van der Waals surface area contributed by atoms with Gasteiger partial charge in [-0.15, -0.1) is 0 Å². The molecule has 1 fully saturated rings. The second kappa shape index (κ2) is 5.91. The molecule has 1 saturated heterocycles. The zero-order valence-corrected chi connectivity index (χ0v) is 13.8. The van der Waals surface area contributed by atoms with Crippen LogP contribution in [0, 0.1) is 0 Å². The molecule has 1 aliphatic heterocycles. The van der Waals surface area contributed by atoms with Crippen LogP contribution >= 0.6 is 15.9 Å². The van der Waals surface area contributed by atoms with E-state index < -0.39 is 10.0 Å². The Balaban J connectivity index is 2.01. The van der Waals surface area contributed by atoms with Gasteiger partial charge in [-0.05, 0) is 46.5 Å². The third-order valence-electron chi connectivity index (χ3n) is 3.81. The zero-order chi connectivity index (χ0) is 14.9. The van der Waals surface area contributed by atoms with Crippen molar-refractivity contribution < 1.29 is 8.42 Å². The first kappa shape index (κ1) is 14.8. The summed E-state index contributed by atoms with van der Waals surface area (Å²) < 4.78 is 28.1. The highest BCUT2D eigenvalue weighted by molar-refractivity contribution is 9.10. The Bertz CT molecular complexity index is 731. The number of rotatable bonds is 3. The van der Waals surface area contributed by atoms with Gasteiger partial charge in [-0.1, -0.05) is 42.5 Å². The van der Waals surface area contributed by atoms with Crippen molar-refractivity contribution in [3.05, 3.63) is 64.6 Å². The second-order valence-corrected chi connectivity index (χ2v) is 7.83. The van der Waals surface area contributed by atoms with Crippen molar-refractivity contribution in [2.45, 2.75) is 23.8 Å². The van der Waals surface area contributed by atoms with Gasteiger partial charge < -0.3 is 0 Å². The van der Waals surface area contributed by atoms with E-state index in [0.717, 1.165) is 18.4 Å². The standard InChI is InChI=1S/C16H16BrNO2S/c17-14-9-4-5-11-16(14)21(19,20)18-12-6-10-15(18)13-7-2-1-3-8-13/h1-5,7-9,11,15H,6,10,12H2/t15-/m1/s1. The van der Waals surface area contributed by atoms with Gasteiger partial charge in [0.1, 0.15) is 0 Å². The maximum Gasteiger partial charge on any atom is 0.244 e. The molecular weight excluding hydrogens is 350 g/mol. The minimum absolute atomic E-state index is 0.0664. The van der Waals surface area contributed by atoms with E-state index in [-0.39, 0.29) is 6.04 Å². The molecule has 110 valence electrons. The highest BCUT2D eigenvalue weighted by Crippen LogP contribution is 2.37. The Morgan fingerprint density at radius 2 is 1.67 bits per heavy atom. The number of halogens is 1. The van der Waals surface area contributed by atoms with E-state index in [9.17, 15) is 8.42 Å². The van der Waals surface area contributed by atoms with Crippen molar-refractivity contribution in [3.63, 3.8) is 0 Å². The van der Waals surface area contributed by atoms with Gasteiger partial charge in [-0.25, -0.2) is 8.42 Å². The van der Waals surface area contributed by atoms with Gasteiger partial charge in [0.15, 0.2) is 0 Å². The molecule has 1 aliphatic rings. The molecule has 0 unspecified atom stereocenters. The van der Waals surface area contributed by atoms with Crippen LogP contribution in [0.4, 0.5) is 0 Å². The molecule has 1 atom stereocenters. The molecule has 3 rings (SSSR count). The fraction of sp³-hybridized carbons (Fsp3) is 0.250. The van der Waals surface area contributed by atoms with Crippen LogP contribution in [0.5, 0.6) is 0 Å². The van der Waals surface area contributed by atoms with Crippen LogP contribution in [0.1, 0.15) is 24.4 Å². The number of sulfonamides is 1. The monoisotopic (exact) mass is 365 g/mol. The lowest BCUT2D eigenvalue weighted by Crippen LogP contribution is -2.30. The molecular formula is C16H16BrNO2S. The minimum Gasteiger partial charge on any atom is -0.207 e. The van der Waals surface area contributed by atoms with Crippen LogP contribution in [0.2, 0.25) is 0 Å². The summed E-state index contributed by atoms with van der Waals surface area (Å²) >= 11 is 3.35. The van der Waals surface area contributed by atoms with Gasteiger partial charge in [0, 0.05) is 11.0 Å². The lowest BCUT2D eigenvalue weighted by Gasteiger charge is -2.25. The van der Waals surface area contributed by atoms with E-state index in [1.807, 2.05) is 36.4 Å². The summed E-state index contributed by atoms with van der Waals surface area (Å²) in [5.41, 5.74) is 1.06. The highest BCUT2D eigenvalue weighted by Gasteiger charge is 2.36. The molecule has 0 saturated carbocycles. The number of benzene rings is 2. The van der Waals surface area contributed by atoms with Gasteiger partial charge in [0.25, 0.3) is 0 Å². The van der Waals surface area contributed by atoms with Crippen LogP contribution in [0.15, 0.2) is 64.0 Å². The summed E-state index contributed by atoms with van der Waals surface area (Å²) in [4.78, 5) is 0.341.